The van der Waals surface area contributed by atoms with Crippen molar-refractivity contribution in [1.29, 1.82) is 0 Å². The first kappa shape index (κ1) is 20.0. The first-order chi connectivity index (χ1) is 15.5. The molecule has 1 amide bonds. The van der Waals surface area contributed by atoms with Gasteiger partial charge in [-0.3, -0.25) is 4.79 Å². The van der Waals surface area contributed by atoms with E-state index in [0.29, 0.717) is 27.3 Å². The molecule has 3 aromatic carbocycles. The quantitative estimate of drug-likeness (QED) is 0.306. The number of thiazole rings is 1. The summed E-state index contributed by atoms with van der Waals surface area (Å²) in [5.74, 6) is 0.603. The number of rotatable bonds is 3. The largest absolute Gasteiger partial charge is 0.495 e. The third kappa shape index (κ3) is 3.07. The summed E-state index contributed by atoms with van der Waals surface area (Å²) < 4.78 is 18.9. The molecule has 0 saturated heterocycles. The molecule has 0 radical (unpaired) electrons. The molecule has 2 heterocycles. The van der Waals surface area contributed by atoms with Crippen LogP contribution in [-0.2, 0) is 7.05 Å². The van der Waals surface area contributed by atoms with Crippen LogP contribution in [0.5, 0.6) is 11.5 Å². The predicted octanol–water partition coefficient (Wildman–Crippen LogP) is 4.26. The average Bonchev–Trinajstić information content (AvgIpc) is 3.13. The van der Waals surface area contributed by atoms with Crippen molar-refractivity contribution < 1.29 is 18.7 Å². The van der Waals surface area contributed by atoms with Crippen LogP contribution in [0.2, 0.25) is 0 Å². The molecule has 5 rings (SSSR count). The zero-order valence-corrected chi connectivity index (χ0v) is 18.4. The molecule has 0 spiro atoms. The van der Waals surface area contributed by atoms with Gasteiger partial charge in [0.1, 0.15) is 32.9 Å². The van der Waals surface area contributed by atoms with Gasteiger partial charge in [-0.1, -0.05) is 41.7 Å². The van der Waals surface area contributed by atoms with Gasteiger partial charge in [0.05, 0.1) is 14.2 Å². The number of carbonyl (C=O) groups excluding carboxylic acids is 1. The monoisotopic (exact) mass is 446 g/mol. The fourth-order valence-electron chi connectivity index (χ4n) is 3.80. The van der Waals surface area contributed by atoms with Crippen molar-refractivity contribution in [1.82, 2.24) is 4.57 Å². The molecule has 0 aliphatic rings. The number of aromatic nitrogens is 1. The van der Waals surface area contributed by atoms with Crippen molar-refractivity contribution in [2.24, 2.45) is 12.0 Å². The summed E-state index contributed by atoms with van der Waals surface area (Å²) in [5.41, 5.74) is 0.331. The molecule has 0 aliphatic heterocycles. The van der Waals surface area contributed by atoms with Gasteiger partial charge in [-0.05, 0) is 35.0 Å². The lowest BCUT2D eigenvalue weighted by Gasteiger charge is -2.06. The molecular weight excluding hydrogens is 428 g/mol. The van der Waals surface area contributed by atoms with Crippen LogP contribution in [0.1, 0.15) is 10.4 Å². The molecule has 0 fully saturated rings. The van der Waals surface area contributed by atoms with Crippen LogP contribution in [0.4, 0.5) is 0 Å². The summed E-state index contributed by atoms with van der Waals surface area (Å²) in [6.45, 7) is 0. The highest BCUT2D eigenvalue weighted by atomic mass is 32.1. The lowest BCUT2D eigenvalue weighted by Crippen LogP contribution is -2.18. The van der Waals surface area contributed by atoms with E-state index in [-0.39, 0.29) is 5.56 Å². The molecule has 0 saturated carbocycles. The highest BCUT2D eigenvalue weighted by Gasteiger charge is 2.17. The highest BCUT2D eigenvalue weighted by molar-refractivity contribution is 7.16. The lowest BCUT2D eigenvalue weighted by atomic mass is 10.0. The molecule has 0 aliphatic carbocycles. The second-order valence-electron chi connectivity index (χ2n) is 7.15. The maximum absolute atomic E-state index is 13.1. The Morgan fingerprint density at radius 3 is 2.53 bits per heavy atom. The summed E-state index contributed by atoms with van der Waals surface area (Å²) in [6.07, 6.45) is 0. The molecule has 32 heavy (non-hydrogen) atoms. The minimum atomic E-state index is -0.722. The highest BCUT2D eigenvalue weighted by Crippen LogP contribution is 2.34. The third-order valence-corrected chi connectivity index (χ3v) is 6.53. The number of aryl methyl sites for hydroxylation is 1. The Labute approximate surface area is 185 Å². The van der Waals surface area contributed by atoms with Gasteiger partial charge >= 0.3 is 5.63 Å². The average molecular weight is 446 g/mol. The molecule has 2 aromatic heterocycles. The fraction of sp³-hybridized carbons (Fsp3) is 0.125. The number of nitrogens with zero attached hydrogens (tertiary/aromatic N) is 2. The van der Waals surface area contributed by atoms with Crippen LogP contribution in [0, 0.1) is 0 Å². The molecule has 5 aromatic rings. The van der Waals surface area contributed by atoms with E-state index in [0.717, 1.165) is 21.0 Å². The van der Waals surface area contributed by atoms with Crippen molar-refractivity contribution in [2.75, 3.05) is 14.2 Å². The van der Waals surface area contributed by atoms with Crippen molar-refractivity contribution in [2.45, 2.75) is 0 Å². The van der Waals surface area contributed by atoms with Crippen LogP contribution in [-0.4, -0.2) is 24.7 Å². The maximum Gasteiger partial charge on any atom is 0.349 e. The van der Waals surface area contributed by atoms with E-state index >= 15 is 0 Å². The fourth-order valence-corrected chi connectivity index (χ4v) is 4.92. The first-order valence-corrected chi connectivity index (χ1v) is 10.6. The van der Waals surface area contributed by atoms with Gasteiger partial charge in [0.15, 0.2) is 4.80 Å². The Morgan fingerprint density at radius 1 is 1.00 bits per heavy atom. The van der Waals surface area contributed by atoms with E-state index in [1.165, 1.54) is 11.3 Å². The van der Waals surface area contributed by atoms with Crippen molar-refractivity contribution in [3.05, 3.63) is 75.4 Å². The molecule has 8 heteroatoms. The number of methoxy groups -OCH3 is 2. The van der Waals surface area contributed by atoms with E-state index in [1.54, 1.807) is 50.1 Å². The predicted molar refractivity (Wildman–Crippen MR) is 124 cm³/mol. The normalized spacial score (nSPS) is 12.0. The topological polar surface area (TPSA) is 83.0 Å². The summed E-state index contributed by atoms with van der Waals surface area (Å²) in [7, 11) is 4.93. The molecule has 0 atom stereocenters. The van der Waals surface area contributed by atoms with Gasteiger partial charge < -0.3 is 18.5 Å². The van der Waals surface area contributed by atoms with E-state index < -0.39 is 11.5 Å². The van der Waals surface area contributed by atoms with Crippen LogP contribution >= 0.6 is 11.3 Å². The smallest absolute Gasteiger partial charge is 0.349 e. The molecular formula is C24H18N2O5S. The zero-order chi connectivity index (χ0) is 22.4. The van der Waals surface area contributed by atoms with Gasteiger partial charge in [-0.15, -0.1) is 0 Å². The number of carbonyl (C=O) groups is 1. The van der Waals surface area contributed by atoms with Crippen molar-refractivity contribution in [3.63, 3.8) is 0 Å². The number of hydrogen-bond acceptors (Lipinski definition) is 6. The summed E-state index contributed by atoms with van der Waals surface area (Å²) >= 11 is 1.28. The number of benzene rings is 3. The van der Waals surface area contributed by atoms with E-state index in [2.05, 4.69) is 4.99 Å². The van der Waals surface area contributed by atoms with Crippen LogP contribution in [0.15, 0.2) is 68.8 Å². The number of fused-ring (bicyclic) bond motifs is 4. The summed E-state index contributed by atoms with van der Waals surface area (Å²) in [6, 6.07) is 16.5. The minimum absolute atomic E-state index is 0.120. The molecule has 0 unspecified atom stereocenters. The minimum Gasteiger partial charge on any atom is -0.495 e. The van der Waals surface area contributed by atoms with Gasteiger partial charge in [0.25, 0.3) is 5.91 Å². The summed E-state index contributed by atoms with van der Waals surface area (Å²) in [5, 5.41) is 2.56. The molecule has 7 nitrogen and oxygen atoms in total. The SMILES string of the molecule is COc1ccc(OC)c2c1sc(=NC(=O)c1cc3c(ccc4ccccc43)oc1=O)n2C. The third-order valence-electron chi connectivity index (χ3n) is 5.38. The Kier molecular flexibility index (Phi) is 4.79. The van der Waals surface area contributed by atoms with Crippen molar-refractivity contribution in [3.8, 4) is 11.5 Å². The second kappa shape index (κ2) is 7.65. The lowest BCUT2D eigenvalue weighted by molar-refractivity contribution is 0.0994. The number of hydrogen-bond donors (Lipinski definition) is 0. The summed E-state index contributed by atoms with van der Waals surface area (Å²) in [4.78, 5) is 30.3. The number of amides is 1. The molecule has 0 N–H and O–H groups in total. The van der Waals surface area contributed by atoms with E-state index in [1.807, 2.05) is 30.3 Å². The van der Waals surface area contributed by atoms with Gasteiger partial charge in [0.2, 0.25) is 0 Å². The Morgan fingerprint density at radius 2 is 1.75 bits per heavy atom. The van der Waals surface area contributed by atoms with Crippen LogP contribution in [0.25, 0.3) is 32.0 Å². The van der Waals surface area contributed by atoms with Crippen LogP contribution in [0.3, 0.4) is 0 Å². The molecule has 160 valence electrons. The van der Waals surface area contributed by atoms with E-state index in [9.17, 15) is 9.59 Å². The zero-order valence-electron chi connectivity index (χ0n) is 17.5. The number of ether oxygens (including phenoxy) is 2. The van der Waals surface area contributed by atoms with Crippen molar-refractivity contribution >= 4 is 49.2 Å². The standard InChI is InChI=1S/C24H18N2O5S/c1-26-20-18(29-2)10-11-19(30-3)21(20)32-24(26)25-22(27)16-12-15-14-7-5-4-6-13(14)8-9-17(15)31-23(16)28/h4-12H,1-3H3. The Bertz CT molecular complexity index is 1660. The molecule has 0 bridgehead atoms. The Hall–Kier alpha value is -3.91. The Balaban J connectivity index is 1.72. The first-order valence-electron chi connectivity index (χ1n) is 9.77. The second-order valence-corrected chi connectivity index (χ2v) is 8.13. The van der Waals surface area contributed by atoms with Gasteiger partial charge in [-0.2, -0.15) is 4.99 Å². The van der Waals surface area contributed by atoms with Gasteiger partial charge in [-0.25, -0.2) is 4.79 Å². The maximum atomic E-state index is 13.1. The van der Waals surface area contributed by atoms with Gasteiger partial charge in [0, 0.05) is 12.4 Å². The van der Waals surface area contributed by atoms with Crippen LogP contribution < -0.4 is 19.9 Å². The van der Waals surface area contributed by atoms with E-state index in [4.69, 9.17) is 13.9 Å².